The molecule has 1 saturated heterocycles. The number of hydrogen-bond donors (Lipinski definition) is 0. The van der Waals surface area contributed by atoms with Crippen LogP contribution >= 0.6 is 0 Å². The monoisotopic (exact) mass is 387 g/mol. The largest absolute Gasteiger partial charge is 0.497 e. The maximum atomic E-state index is 12.8. The Morgan fingerprint density at radius 1 is 1.17 bits per heavy atom. The first-order chi connectivity index (χ1) is 14.2. The summed E-state index contributed by atoms with van der Waals surface area (Å²) in [7, 11) is 1.67. The fraction of sp³-hybridized carbons (Fsp3) is 0.292. The van der Waals surface area contributed by atoms with E-state index in [1.165, 1.54) is 0 Å². The van der Waals surface area contributed by atoms with E-state index in [2.05, 4.69) is 11.1 Å². The van der Waals surface area contributed by atoms with Crippen molar-refractivity contribution >= 4 is 5.91 Å². The van der Waals surface area contributed by atoms with Crippen LogP contribution in [-0.4, -0.2) is 41.0 Å². The van der Waals surface area contributed by atoms with Crippen molar-refractivity contribution in [3.8, 4) is 17.0 Å². The Labute approximate surface area is 171 Å². The zero-order valence-corrected chi connectivity index (χ0v) is 16.6. The molecule has 2 aromatic heterocycles. The van der Waals surface area contributed by atoms with E-state index >= 15 is 0 Å². The normalized spacial score (nSPS) is 16.4. The lowest BCUT2D eigenvalue weighted by atomic mass is 9.93. The minimum absolute atomic E-state index is 0.159. The van der Waals surface area contributed by atoms with Crippen LogP contribution in [0.5, 0.6) is 5.75 Å². The van der Waals surface area contributed by atoms with E-state index in [0.29, 0.717) is 13.0 Å². The molecule has 0 saturated carbocycles. The predicted octanol–water partition coefficient (Wildman–Crippen LogP) is 4.10. The van der Waals surface area contributed by atoms with Gasteiger partial charge in [-0.1, -0.05) is 24.3 Å². The van der Waals surface area contributed by atoms with Crippen molar-refractivity contribution in [2.75, 3.05) is 20.2 Å². The van der Waals surface area contributed by atoms with Crippen LogP contribution in [0.1, 0.15) is 30.0 Å². The summed E-state index contributed by atoms with van der Waals surface area (Å²) in [6.45, 7) is 1.53. The summed E-state index contributed by atoms with van der Waals surface area (Å²) in [6, 6.07) is 17.9. The molecule has 5 heteroatoms. The molecule has 0 spiro atoms. The molecule has 4 rings (SSSR count). The molecule has 1 aromatic carbocycles. The third kappa shape index (κ3) is 4.62. The second kappa shape index (κ2) is 8.86. The summed E-state index contributed by atoms with van der Waals surface area (Å²) in [5.74, 6) is 1.23. The van der Waals surface area contributed by atoms with E-state index in [1.807, 2.05) is 53.4 Å². The minimum Gasteiger partial charge on any atom is -0.497 e. The van der Waals surface area contributed by atoms with Gasteiger partial charge in [0.25, 0.3) is 0 Å². The number of carbonyl (C=O) groups excluding carboxylic acids is 1. The van der Waals surface area contributed by atoms with Crippen LogP contribution in [0.15, 0.2) is 67.0 Å². The fourth-order valence-corrected chi connectivity index (χ4v) is 3.86. The van der Waals surface area contributed by atoms with Gasteiger partial charge in [0, 0.05) is 42.7 Å². The quantitative estimate of drug-likeness (QED) is 0.661. The molecule has 0 aliphatic carbocycles. The fourth-order valence-electron chi connectivity index (χ4n) is 3.86. The number of carbonyl (C=O) groups is 1. The molecule has 0 N–H and O–H groups in total. The van der Waals surface area contributed by atoms with Crippen molar-refractivity contribution < 1.29 is 9.53 Å². The number of pyridine rings is 2. The number of nitrogens with zero attached hydrogens (tertiary/aromatic N) is 3. The first kappa shape index (κ1) is 19.1. The lowest BCUT2D eigenvalue weighted by Crippen LogP contribution is -2.40. The van der Waals surface area contributed by atoms with Crippen LogP contribution in [0.3, 0.4) is 0 Å². The third-order valence-corrected chi connectivity index (χ3v) is 5.41. The molecule has 3 aromatic rings. The van der Waals surface area contributed by atoms with Gasteiger partial charge in [0.05, 0.1) is 19.2 Å². The maximum Gasteiger partial charge on any atom is 0.227 e. The van der Waals surface area contributed by atoms with Gasteiger partial charge in [-0.25, -0.2) is 0 Å². The summed E-state index contributed by atoms with van der Waals surface area (Å²) < 4.78 is 5.34. The first-order valence-corrected chi connectivity index (χ1v) is 10.0. The number of benzene rings is 1. The summed E-state index contributed by atoms with van der Waals surface area (Å²) in [5.41, 5.74) is 3.97. The van der Waals surface area contributed by atoms with Crippen molar-refractivity contribution in [3.05, 3.63) is 78.2 Å². The third-order valence-electron chi connectivity index (χ3n) is 5.41. The van der Waals surface area contributed by atoms with Crippen LogP contribution in [0.2, 0.25) is 0 Å². The molecule has 29 heavy (non-hydrogen) atoms. The van der Waals surface area contributed by atoms with E-state index < -0.39 is 0 Å². The Hall–Kier alpha value is -3.21. The molecule has 0 bridgehead atoms. The maximum absolute atomic E-state index is 12.8. The van der Waals surface area contributed by atoms with Gasteiger partial charge < -0.3 is 9.64 Å². The van der Waals surface area contributed by atoms with Gasteiger partial charge in [-0.3, -0.25) is 14.8 Å². The van der Waals surface area contributed by atoms with Crippen molar-refractivity contribution in [2.24, 2.45) is 0 Å². The molecule has 1 aliphatic rings. The lowest BCUT2D eigenvalue weighted by molar-refractivity contribution is -0.131. The topological polar surface area (TPSA) is 55.3 Å². The number of methoxy groups -OCH3 is 1. The molecular weight excluding hydrogens is 362 g/mol. The second-order valence-corrected chi connectivity index (χ2v) is 7.40. The van der Waals surface area contributed by atoms with E-state index in [1.54, 1.807) is 19.5 Å². The number of amides is 1. The molecule has 3 heterocycles. The summed E-state index contributed by atoms with van der Waals surface area (Å²) in [6.07, 6.45) is 5.93. The molecule has 1 aliphatic heterocycles. The van der Waals surface area contributed by atoms with E-state index in [0.717, 1.165) is 47.7 Å². The van der Waals surface area contributed by atoms with Crippen molar-refractivity contribution in [3.63, 3.8) is 0 Å². The molecule has 1 fully saturated rings. The highest BCUT2D eigenvalue weighted by atomic mass is 16.5. The van der Waals surface area contributed by atoms with Gasteiger partial charge in [-0.05, 0) is 48.7 Å². The Morgan fingerprint density at radius 2 is 2.07 bits per heavy atom. The van der Waals surface area contributed by atoms with Gasteiger partial charge in [-0.15, -0.1) is 0 Å². The minimum atomic E-state index is 0.159. The Bertz CT molecular complexity index is 975. The van der Waals surface area contributed by atoms with Crippen LogP contribution in [0, 0.1) is 0 Å². The molecule has 1 amide bonds. The lowest BCUT2D eigenvalue weighted by Gasteiger charge is -2.32. The van der Waals surface area contributed by atoms with Crippen LogP contribution < -0.4 is 4.74 Å². The molecule has 0 radical (unpaired) electrons. The van der Waals surface area contributed by atoms with Crippen molar-refractivity contribution in [2.45, 2.75) is 25.2 Å². The second-order valence-electron chi connectivity index (χ2n) is 7.40. The highest BCUT2D eigenvalue weighted by Crippen LogP contribution is 2.29. The van der Waals surface area contributed by atoms with E-state index in [9.17, 15) is 4.79 Å². The Balaban J connectivity index is 1.49. The van der Waals surface area contributed by atoms with Crippen molar-refractivity contribution in [1.82, 2.24) is 14.9 Å². The average molecular weight is 387 g/mol. The standard InChI is InChI=1S/C24H25N3O2/c1-29-21-9-2-7-19(15-21)22-10-3-11-23(26-22)20-8-5-13-27(17-20)24(28)14-18-6-4-12-25-16-18/h2-4,6-7,9-12,15-16,20H,5,8,13-14,17H2,1H3/t20-/m0/s1. The number of likely N-dealkylation sites (tertiary alicyclic amines) is 1. The molecule has 0 unspecified atom stereocenters. The number of ether oxygens (including phenoxy) is 1. The highest BCUT2D eigenvalue weighted by Gasteiger charge is 2.25. The average Bonchev–Trinajstić information content (AvgIpc) is 2.80. The zero-order valence-electron chi connectivity index (χ0n) is 16.6. The molecule has 148 valence electrons. The summed E-state index contributed by atoms with van der Waals surface area (Å²) in [5, 5.41) is 0. The Morgan fingerprint density at radius 3 is 2.90 bits per heavy atom. The van der Waals surface area contributed by atoms with Gasteiger partial charge in [0.1, 0.15) is 5.75 Å². The van der Waals surface area contributed by atoms with Crippen LogP contribution in [0.25, 0.3) is 11.3 Å². The van der Waals surface area contributed by atoms with Gasteiger partial charge in [0.15, 0.2) is 0 Å². The zero-order chi connectivity index (χ0) is 20.1. The van der Waals surface area contributed by atoms with E-state index in [-0.39, 0.29) is 11.8 Å². The number of rotatable bonds is 5. The Kier molecular flexibility index (Phi) is 5.84. The van der Waals surface area contributed by atoms with Gasteiger partial charge in [0.2, 0.25) is 5.91 Å². The SMILES string of the molecule is COc1cccc(-c2cccc([C@H]3CCCN(C(=O)Cc4cccnc4)C3)n2)c1. The molecule has 5 nitrogen and oxygen atoms in total. The summed E-state index contributed by atoms with van der Waals surface area (Å²) >= 11 is 0. The van der Waals surface area contributed by atoms with Crippen LogP contribution in [0.4, 0.5) is 0 Å². The summed E-state index contributed by atoms with van der Waals surface area (Å²) in [4.78, 5) is 23.8. The first-order valence-electron chi connectivity index (χ1n) is 10.0. The number of hydrogen-bond acceptors (Lipinski definition) is 4. The molecule has 1 atom stereocenters. The van der Waals surface area contributed by atoms with Crippen LogP contribution in [-0.2, 0) is 11.2 Å². The van der Waals surface area contributed by atoms with Crippen molar-refractivity contribution in [1.29, 1.82) is 0 Å². The van der Waals surface area contributed by atoms with Gasteiger partial charge >= 0.3 is 0 Å². The van der Waals surface area contributed by atoms with E-state index in [4.69, 9.17) is 9.72 Å². The van der Waals surface area contributed by atoms with Gasteiger partial charge in [-0.2, -0.15) is 0 Å². The highest BCUT2D eigenvalue weighted by molar-refractivity contribution is 5.78. The number of aromatic nitrogens is 2. The molecular formula is C24H25N3O2. The number of piperidine rings is 1. The smallest absolute Gasteiger partial charge is 0.227 e. The predicted molar refractivity (Wildman–Crippen MR) is 113 cm³/mol.